The largest absolute Gasteiger partial charge is 0.478 e. The topological polar surface area (TPSA) is 109 Å². The van der Waals surface area contributed by atoms with Crippen molar-refractivity contribution in [2.45, 2.75) is 26.2 Å². The lowest BCUT2D eigenvalue weighted by molar-refractivity contribution is -0.121. The molecule has 7 nitrogen and oxygen atoms in total. The second-order valence-electron chi connectivity index (χ2n) is 5.85. The van der Waals surface area contributed by atoms with Crippen molar-refractivity contribution in [3.8, 4) is 0 Å². The number of carbonyl (C=O) groups excluding carboxylic acids is 2. The van der Waals surface area contributed by atoms with Crippen LogP contribution in [0.1, 0.15) is 44.9 Å². The Morgan fingerprint density at radius 2 is 1.81 bits per heavy atom. The number of carboxylic acid groups (broad SMARTS) is 1. The van der Waals surface area contributed by atoms with Gasteiger partial charge in [0.25, 0.3) is 5.91 Å². The van der Waals surface area contributed by atoms with Crippen molar-refractivity contribution in [1.29, 1.82) is 0 Å². The van der Waals surface area contributed by atoms with Crippen LogP contribution in [0.2, 0.25) is 0 Å². The summed E-state index contributed by atoms with van der Waals surface area (Å²) < 4.78 is 5.10. The summed E-state index contributed by atoms with van der Waals surface area (Å²) in [5, 5.41) is 14.6. The maximum absolute atomic E-state index is 11.9. The summed E-state index contributed by atoms with van der Waals surface area (Å²) in [6.07, 6.45) is 2.63. The van der Waals surface area contributed by atoms with Crippen molar-refractivity contribution in [3.05, 3.63) is 59.0 Å². The highest BCUT2D eigenvalue weighted by Gasteiger charge is 2.12. The Bertz CT molecular complexity index is 782. The molecule has 1 heterocycles. The molecule has 3 N–H and O–H groups in total. The van der Waals surface area contributed by atoms with Gasteiger partial charge in [0.05, 0.1) is 11.8 Å². The minimum Gasteiger partial charge on any atom is -0.478 e. The van der Waals surface area contributed by atoms with E-state index in [4.69, 9.17) is 9.52 Å². The van der Waals surface area contributed by atoms with Gasteiger partial charge in [0.2, 0.25) is 5.91 Å². The number of furan rings is 1. The van der Waals surface area contributed by atoms with Crippen molar-refractivity contribution in [2.75, 3.05) is 13.1 Å². The Morgan fingerprint density at radius 1 is 1.08 bits per heavy atom. The van der Waals surface area contributed by atoms with Crippen LogP contribution in [-0.2, 0) is 11.2 Å². The number of carboxylic acids is 1. The molecule has 7 heteroatoms. The third-order valence-electron chi connectivity index (χ3n) is 3.90. The van der Waals surface area contributed by atoms with Gasteiger partial charge in [0, 0.05) is 25.1 Å². The number of aromatic carboxylic acids is 1. The molecular weight excluding hydrogens is 336 g/mol. The molecule has 2 aromatic rings. The van der Waals surface area contributed by atoms with E-state index in [0.29, 0.717) is 37.3 Å². The van der Waals surface area contributed by atoms with Crippen LogP contribution in [0.3, 0.4) is 0 Å². The molecule has 1 aromatic heterocycles. The minimum absolute atomic E-state index is 0.154. The highest BCUT2D eigenvalue weighted by molar-refractivity contribution is 5.92. The van der Waals surface area contributed by atoms with Gasteiger partial charge in [-0.3, -0.25) is 9.59 Å². The van der Waals surface area contributed by atoms with E-state index in [1.165, 1.54) is 12.3 Å². The van der Waals surface area contributed by atoms with Gasteiger partial charge >= 0.3 is 5.97 Å². The normalized spacial score (nSPS) is 10.3. The molecule has 0 saturated carbocycles. The fraction of sp³-hybridized carbons (Fsp3) is 0.316. The zero-order chi connectivity index (χ0) is 18.9. The first-order valence-electron chi connectivity index (χ1n) is 8.39. The minimum atomic E-state index is -0.997. The van der Waals surface area contributed by atoms with Gasteiger partial charge in [-0.25, -0.2) is 4.79 Å². The smallest absolute Gasteiger partial charge is 0.335 e. The molecule has 0 fully saturated rings. The summed E-state index contributed by atoms with van der Waals surface area (Å²) in [5.41, 5.74) is 1.63. The number of hydrogen-bond donors (Lipinski definition) is 3. The van der Waals surface area contributed by atoms with E-state index >= 15 is 0 Å². The Balaban J connectivity index is 1.64. The van der Waals surface area contributed by atoms with Crippen LogP contribution < -0.4 is 10.6 Å². The second kappa shape index (κ2) is 9.41. The van der Waals surface area contributed by atoms with E-state index in [9.17, 15) is 14.4 Å². The number of aryl methyl sites for hydroxylation is 2. The molecule has 0 saturated heterocycles. The monoisotopic (exact) mass is 358 g/mol. The molecule has 0 unspecified atom stereocenters. The Hall–Kier alpha value is -3.09. The summed E-state index contributed by atoms with van der Waals surface area (Å²) in [7, 11) is 0. The number of amides is 2. The Kier molecular flexibility index (Phi) is 6.96. The molecule has 138 valence electrons. The first kappa shape index (κ1) is 19.2. The zero-order valence-electron chi connectivity index (χ0n) is 14.6. The van der Waals surface area contributed by atoms with Crippen LogP contribution in [0.25, 0.3) is 0 Å². The molecule has 0 aliphatic rings. The van der Waals surface area contributed by atoms with Crippen LogP contribution in [-0.4, -0.2) is 36.0 Å². The quantitative estimate of drug-likeness (QED) is 0.595. The highest BCUT2D eigenvalue weighted by atomic mass is 16.4. The third-order valence-corrected chi connectivity index (χ3v) is 3.90. The van der Waals surface area contributed by atoms with Crippen molar-refractivity contribution in [3.63, 3.8) is 0 Å². The molecule has 0 bridgehead atoms. The summed E-state index contributed by atoms with van der Waals surface area (Å²) in [4.78, 5) is 34.8. The lowest BCUT2D eigenvalue weighted by Gasteiger charge is -2.08. The second-order valence-corrected chi connectivity index (χ2v) is 5.85. The van der Waals surface area contributed by atoms with Crippen molar-refractivity contribution in [1.82, 2.24) is 10.6 Å². The van der Waals surface area contributed by atoms with Gasteiger partial charge in [-0.05, 0) is 37.5 Å². The number of nitrogens with one attached hydrogen (secondary N) is 2. The van der Waals surface area contributed by atoms with Gasteiger partial charge in [0.1, 0.15) is 0 Å². The van der Waals surface area contributed by atoms with Crippen molar-refractivity contribution >= 4 is 17.8 Å². The summed E-state index contributed by atoms with van der Waals surface area (Å²) in [6, 6.07) is 8.37. The molecule has 0 aliphatic carbocycles. The van der Waals surface area contributed by atoms with E-state index in [1.807, 2.05) is 0 Å². The molecule has 1 aromatic carbocycles. The summed E-state index contributed by atoms with van der Waals surface area (Å²) >= 11 is 0. The summed E-state index contributed by atoms with van der Waals surface area (Å²) in [5.74, 6) is -1.13. The average molecular weight is 358 g/mol. The molecule has 2 rings (SSSR count). The Labute approximate surface area is 151 Å². The number of benzene rings is 1. The lowest BCUT2D eigenvalue weighted by Crippen LogP contribution is -2.30. The van der Waals surface area contributed by atoms with Crippen molar-refractivity contribution in [2.24, 2.45) is 0 Å². The first-order valence-corrected chi connectivity index (χ1v) is 8.39. The van der Waals surface area contributed by atoms with Gasteiger partial charge in [0.15, 0.2) is 5.76 Å². The van der Waals surface area contributed by atoms with Crippen LogP contribution in [0.4, 0.5) is 0 Å². The Morgan fingerprint density at radius 3 is 2.50 bits per heavy atom. The molecular formula is C19H22N2O5. The van der Waals surface area contributed by atoms with E-state index in [1.54, 1.807) is 31.2 Å². The van der Waals surface area contributed by atoms with Crippen LogP contribution in [0.5, 0.6) is 0 Å². The predicted molar refractivity (Wildman–Crippen MR) is 95.1 cm³/mol. The molecule has 2 amide bonds. The molecule has 0 spiro atoms. The number of rotatable bonds is 9. The summed E-state index contributed by atoms with van der Waals surface area (Å²) in [6.45, 7) is 2.64. The zero-order valence-corrected chi connectivity index (χ0v) is 14.6. The van der Waals surface area contributed by atoms with Crippen LogP contribution in [0, 0.1) is 6.92 Å². The third kappa shape index (κ3) is 5.47. The fourth-order valence-corrected chi connectivity index (χ4v) is 2.49. The fourth-order valence-electron chi connectivity index (χ4n) is 2.49. The average Bonchev–Trinajstić information content (AvgIpc) is 3.05. The van der Waals surface area contributed by atoms with Gasteiger partial charge < -0.3 is 20.2 Å². The predicted octanol–water partition coefficient (Wildman–Crippen LogP) is 2.16. The van der Waals surface area contributed by atoms with Crippen molar-refractivity contribution < 1.29 is 23.9 Å². The standard InChI is InChI=1S/C19H22N2O5/c1-13-9-12-26-17(13)18(23)21-11-4-10-20-16(22)8-7-14-5-2-3-6-15(14)19(24)25/h2-3,5-6,9,12H,4,7-8,10-11H2,1H3,(H,20,22)(H,21,23)(H,24,25). The molecule has 0 radical (unpaired) electrons. The molecule has 26 heavy (non-hydrogen) atoms. The maximum Gasteiger partial charge on any atom is 0.335 e. The van der Waals surface area contributed by atoms with Crippen LogP contribution >= 0.6 is 0 Å². The first-order chi connectivity index (χ1) is 12.5. The highest BCUT2D eigenvalue weighted by Crippen LogP contribution is 2.11. The van der Waals surface area contributed by atoms with E-state index < -0.39 is 5.97 Å². The van der Waals surface area contributed by atoms with Crippen LogP contribution in [0.15, 0.2) is 41.0 Å². The van der Waals surface area contributed by atoms with Gasteiger partial charge in [-0.15, -0.1) is 0 Å². The van der Waals surface area contributed by atoms with E-state index in [2.05, 4.69) is 10.6 Å². The van der Waals surface area contributed by atoms with E-state index in [0.717, 1.165) is 5.56 Å². The molecule has 0 aliphatic heterocycles. The molecule has 0 atom stereocenters. The van der Waals surface area contributed by atoms with E-state index in [-0.39, 0.29) is 23.8 Å². The SMILES string of the molecule is Cc1ccoc1C(=O)NCCCNC(=O)CCc1ccccc1C(=O)O. The van der Waals surface area contributed by atoms with Gasteiger partial charge in [-0.2, -0.15) is 0 Å². The number of hydrogen-bond acceptors (Lipinski definition) is 4. The number of carbonyl (C=O) groups is 3. The maximum atomic E-state index is 11.9. The van der Waals surface area contributed by atoms with Gasteiger partial charge in [-0.1, -0.05) is 18.2 Å². The lowest BCUT2D eigenvalue weighted by atomic mass is 10.0.